The maximum Gasteiger partial charge on any atom is 0.310 e. The zero-order valence-electron chi connectivity index (χ0n) is 14.9. The average Bonchev–Trinajstić information content (AvgIpc) is 2.50. The molecule has 5 heteroatoms. The van der Waals surface area contributed by atoms with Gasteiger partial charge in [-0.25, -0.2) is 0 Å². The zero-order valence-corrected chi connectivity index (χ0v) is 14.9. The first-order valence-electron chi connectivity index (χ1n) is 7.84. The fourth-order valence-electron chi connectivity index (χ4n) is 2.42. The Kier molecular flexibility index (Phi) is 7.07. The molecule has 128 valence electrons. The van der Waals surface area contributed by atoms with Crippen LogP contribution in [0.4, 0.5) is 0 Å². The molecule has 1 aromatic rings. The predicted octanol–water partition coefficient (Wildman–Crippen LogP) is 2.73. The molecule has 5 nitrogen and oxygen atoms in total. The molecule has 1 atom stereocenters. The summed E-state index contributed by atoms with van der Waals surface area (Å²) >= 11 is 0. The van der Waals surface area contributed by atoms with Gasteiger partial charge in [-0.2, -0.15) is 0 Å². The highest BCUT2D eigenvalue weighted by molar-refractivity contribution is 5.79. The van der Waals surface area contributed by atoms with Crippen molar-refractivity contribution in [3.8, 4) is 5.75 Å². The van der Waals surface area contributed by atoms with E-state index in [1.807, 2.05) is 45.9 Å². The van der Waals surface area contributed by atoms with Crippen molar-refractivity contribution in [2.24, 2.45) is 5.92 Å². The van der Waals surface area contributed by atoms with Crippen molar-refractivity contribution in [3.63, 3.8) is 0 Å². The van der Waals surface area contributed by atoms with E-state index in [1.165, 1.54) is 7.11 Å². The van der Waals surface area contributed by atoms with Gasteiger partial charge in [0.1, 0.15) is 5.75 Å². The lowest BCUT2D eigenvalue weighted by atomic mass is 10.1. The van der Waals surface area contributed by atoms with Gasteiger partial charge in [0, 0.05) is 12.6 Å². The summed E-state index contributed by atoms with van der Waals surface area (Å²) in [6.45, 7) is 9.76. The molecule has 0 aliphatic rings. The molecule has 0 saturated carbocycles. The summed E-state index contributed by atoms with van der Waals surface area (Å²) < 4.78 is 10.4. The first-order valence-corrected chi connectivity index (χ1v) is 7.84. The van der Waals surface area contributed by atoms with Crippen LogP contribution in [0.2, 0.25) is 0 Å². The SMILES string of the molecule is COC(=O)C(C)CN(C(=O)COc1c(C)cccc1C)C(C)C. The number of ether oxygens (including phenoxy) is 2. The highest BCUT2D eigenvalue weighted by atomic mass is 16.5. The average molecular weight is 321 g/mol. The molecule has 1 amide bonds. The summed E-state index contributed by atoms with van der Waals surface area (Å²) in [5.74, 6) is -0.0883. The van der Waals surface area contributed by atoms with Gasteiger partial charge in [-0.15, -0.1) is 0 Å². The number of para-hydroxylation sites is 1. The van der Waals surface area contributed by atoms with Crippen LogP contribution in [0.3, 0.4) is 0 Å². The zero-order chi connectivity index (χ0) is 17.6. The van der Waals surface area contributed by atoms with E-state index < -0.39 is 0 Å². The quantitative estimate of drug-likeness (QED) is 0.725. The molecule has 0 saturated heterocycles. The number of carbonyl (C=O) groups excluding carboxylic acids is 2. The van der Waals surface area contributed by atoms with Crippen molar-refractivity contribution < 1.29 is 19.1 Å². The number of hydrogen-bond acceptors (Lipinski definition) is 4. The topological polar surface area (TPSA) is 55.8 Å². The Morgan fingerprint density at radius 3 is 2.17 bits per heavy atom. The van der Waals surface area contributed by atoms with Crippen molar-refractivity contribution in [1.29, 1.82) is 0 Å². The number of amides is 1. The van der Waals surface area contributed by atoms with Crippen LogP contribution in [-0.2, 0) is 14.3 Å². The van der Waals surface area contributed by atoms with Crippen LogP contribution in [0.5, 0.6) is 5.75 Å². The Bertz CT molecular complexity index is 534. The molecule has 0 aliphatic heterocycles. The monoisotopic (exact) mass is 321 g/mol. The van der Waals surface area contributed by atoms with Crippen LogP contribution in [-0.4, -0.2) is 43.1 Å². The molecule has 1 aromatic carbocycles. The van der Waals surface area contributed by atoms with Gasteiger partial charge < -0.3 is 14.4 Å². The van der Waals surface area contributed by atoms with Crippen molar-refractivity contribution >= 4 is 11.9 Å². The molecule has 0 N–H and O–H groups in total. The Hall–Kier alpha value is -2.04. The van der Waals surface area contributed by atoms with Crippen LogP contribution in [0.25, 0.3) is 0 Å². The van der Waals surface area contributed by atoms with Gasteiger partial charge in [-0.1, -0.05) is 25.1 Å². The summed E-state index contributed by atoms with van der Waals surface area (Å²) in [6.07, 6.45) is 0. The fourth-order valence-corrected chi connectivity index (χ4v) is 2.42. The van der Waals surface area contributed by atoms with E-state index in [4.69, 9.17) is 9.47 Å². The van der Waals surface area contributed by atoms with Crippen molar-refractivity contribution in [1.82, 2.24) is 4.90 Å². The van der Waals surface area contributed by atoms with Gasteiger partial charge in [0.05, 0.1) is 13.0 Å². The van der Waals surface area contributed by atoms with Crippen molar-refractivity contribution in [3.05, 3.63) is 29.3 Å². The van der Waals surface area contributed by atoms with Crippen LogP contribution >= 0.6 is 0 Å². The predicted molar refractivity (Wildman–Crippen MR) is 89.4 cm³/mol. The van der Waals surface area contributed by atoms with Crippen LogP contribution in [0.1, 0.15) is 31.9 Å². The van der Waals surface area contributed by atoms with E-state index in [2.05, 4.69) is 0 Å². The minimum atomic E-state index is -0.369. The third kappa shape index (κ3) is 5.27. The summed E-state index contributed by atoms with van der Waals surface area (Å²) in [5.41, 5.74) is 1.99. The van der Waals surface area contributed by atoms with Gasteiger partial charge in [0.15, 0.2) is 6.61 Å². The molecular weight excluding hydrogens is 294 g/mol. The van der Waals surface area contributed by atoms with E-state index in [9.17, 15) is 9.59 Å². The van der Waals surface area contributed by atoms with Crippen molar-refractivity contribution in [2.75, 3.05) is 20.3 Å². The molecule has 0 heterocycles. The number of rotatable bonds is 7. The van der Waals surface area contributed by atoms with Crippen LogP contribution in [0, 0.1) is 19.8 Å². The van der Waals surface area contributed by atoms with E-state index in [0.717, 1.165) is 16.9 Å². The number of nitrogens with zero attached hydrogens (tertiary/aromatic N) is 1. The smallest absolute Gasteiger partial charge is 0.310 e. The Labute approximate surface area is 138 Å². The molecule has 1 unspecified atom stereocenters. The van der Waals surface area contributed by atoms with Gasteiger partial charge in [-0.3, -0.25) is 9.59 Å². The van der Waals surface area contributed by atoms with Crippen LogP contribution < -0.4 is 4.74 Å². The summed E-state index contributed by atoms with van der Waals surface area (Å²) in [7, 11) is 1.35. The summed E-state index contributed by atoms with van der Waals surface area (Å²) in [5, 5.41) is 0. The second kappa shape index (κ2) is 8.56. The number of methoxy groups -OCH3 is 1. The third-order valence-electron chi connectivity index (χ3n) is 3.77. The number of esters is 1. The first kappa shape index (κ1) is 19.0. The highest BCUT2D eigenvalue weighted by Crippen LogP contribution is 2.22. The summed E-state index contributed by atoms with van der Waals surface area (Å²) in [6, 6.07) is 5.84. The maximum absolute atomic E-state index is 12.5. The Morgan fingerprint density at radius 2 is 1.70 bits per heavy atom. The highest BCUT2D eigenvalue weighted by Gasteiger charge is 2.24. The molecule has 0 fully saturated rings. The lowest BCUT2D eigenvalue weighted by Crippen LogP contribution is -2.44. The number of hydrogen-bond donors (Lipinski definition) is 0. The molecule has 0 aromatic heterocycles. The first-order chi connectivity index (χ1) is 10.8. The molecule has 0 radical (unpaired) electrons. The van der Waals surface area contributed by atoms with E-state index in [0.29, 0.717) is 6.54 Å². The minimum absolute atomic E-state index is 0.0174. The van der Waals surface area contributed by atoms with Crippen LogP contribution in [0.15, 0.2) is 18.2 Å². The Balaban J connectivity index is 2.74. The number of benzene rings is 1. The Morgan fingerprint density at radius 1 is 1.13 bits per heavy atom. The maximum atomic E-state index is 12.5. The molecule has 1 rings (SSSR count). The summed E-state index contributed by atoms with van der Waals surface area (Å²) in [4.78, 5) is 25.7. The van der Waals surface area contributed by atoms with E-state index in [1.54, 1.807) is 11.8 Å². The normalized spacial score (nSPS) is 12.0. The largest absolute Gasteiger partial charge is 0.483 e. The molecule has 0 bridgehead atoms. The van der Waals surface area contributed by atoms with Gasteiger partial charge in [0.25, 0.3) is 5.91 Å². The third-order valence-corrected chi connectivity index (χ3v) is 3.77. The molecular formula is C18H27NO4. The standard InChI is InChI=1S/C18H27NO4/c1-12(2)19(10-15(5)18(21)22-6)16(20)11-23-17-13(3)8-7-9-14(17)4/h7-9,12,15H,10-11H2,1-6H3. The number of carbonyl (C=O) groups is 2. The lowest BCUT2D eigenvalue weighted by Gasteiger charge is -2.29. The van der Waals surface area contributed by atoms with Gasteiger partial charge >= 0.3 is 5.97 Å². The van der Waals surface area contributed by atoms with Crippen molar-refractivity contribution in [2.45, 2.75) is 40.7 Å². The minimum Gasteiger partial charge on any atom is -0.483 e. The molecule has 0 aliphatic carbocycles. The van der Waals surface area contributed by atoms with Gasteiger partial charge in [-0.05, 0) is 38.8 Å². The van der Waals surface area contributed by atoms with E-state index in [-0.39, 0.29) is 30.4 Å². The van der Waals surface area contributed by atoms with E-state index >= 15 is 0 Å². The van der Waals surface area contributed by atoms with Gasteiger partial charge in [0.2, 0.25) is 0 Å². The fraction of sp³-hybridized carbons (Fsp3) is 0.556. The second-order valence-corrected chi connectivity index (χ2v) is 6.07. The number of aryl methyl sites for hydroxylation is 2. The second-order valence-electron chi connectivity index (χ2n) is 6.07. The molecule has 23 heavy (non-hydrogen) atoms. The lowest BCUT2D eigenvalue weighted by molar-refractivity contribution is -0.147. The molecule has 0 spiro atoms.